The molecule has 8 nitrogen and oxygen atoms in total. The first kappa shape index (κ1) is 28.6. The maximum atomic E-state index is 13.4. The van der Waals surface area contributed by atoms with Crippen molar-refractivity contribution in [3.8, 4) is 11.5 Å². The van der Waals surface area contributed by atoms with E-state index in [9.17, 15) is 14.4 Å². The zero-order chi connectivity index (χ0) is 30.3. The molecule has 1 aliphatic rings. The minimum absolute atomic E-state index is 0.132. The molecule has 3 aromatic carbocycles. The van der Waals surface area contributed by atoms with Crippen LogP contribution in [0.5, 0.6) is 0 Å². The molecule has 1 amide bonds. The molecule has 1 unspecified atom stereocenters. The highest BCUT2D eigenvalue weighted by Gasteiger charge is 2.34. The number of methoxy groups -OCH3 is 1. The van der Waals surface area contributed by atoms with Gasteiger partial charge in [0.1, 0.15) is 10.5 Å². The molecule has 0 spiro atoms. The number of benzene rings is 3. The fraction of sp³-hybridized carbons (Fsp3) is 0.294. The Balaban J connectivity index is 1.23. The van der Waals surface area contributed by atoms with Gasteiger partial charge in [0.15, 0.2) is 12.2 Å². The van der Waals surface area contributed by atoms with Crippen molar-refractivity contribution in [1.82, 2.24) is 4.98 Å². The summed E-state index contributed by atoms with van der Waals surface area (Å²) in [5, 5.41) is 4.66. The molecule has 1 N–H and O–H groups in total. The summed E-state index contributed by atoms with van der Waals surface area (Å²) in [6.07, 6.45) is 2.53. The molecule has 1 atom stereocenters. The Morgan fingerprint density at radius 2 is 1.79 bits per heavy atom. The highest BCUT2D eigenvalue weighted by Crippen LogP contribution is 2.44. The smallest absolute Gasteiger partial charge is 0.341 e. The number of para-hydroxylation sites is 2. The van der Waals surface area contributed by atoms with Gasteiger partial charge in [-0.05, 0) is 65.8 Å². The predicted octanol–water partition coefficient (Wildman–Crippen LogP) is 7.44. The molecule has 1 aliphatic carbocycles. The van der Waals surface area contributed by atoms with Crippen molar-refractivity contribution in [2.24, 2.45) is 11.3 Å². The molecular weight excluding hydrogens is 564 g/mol. The zero-order valence-electron chi connectivity index (χ0n) is 24.5. The summed E-state index contributed by atoms with van der Waals surface area (Å²) in [6.45, 7) is 6.15. The average Bonchev–Trinajstić information content (AvgIpc) is 3.59. The number of ether oxygens (including phenoxy) is 2. The Morgan fingerprint density at radius 1 is 1.02 bits per heavy atom. The first-order chi connectivity index (χ1) is 20.6. The number of nitrogens with one attached hydrogen (secondary N) is 1. The van der Waals surface area contributed by atoms with Gasteiger partial charge in [-0.25, -0.2) is 14.6 Å². The van der Waals surface area contributed by atoms with Crippen molar-refractivity contribution >= 4 is 56.1 Å². The van der Waals surface area contributed by atoms with Gasteiger partial charge in [0.2, 0.25) is 5.89 Å². The Hall–Kier alpha value is -4.50. The number of aromatic nitrogens is 1. The number of rotatable bonds is 6. The minimum Gasteiger partial charge on any atom is -0.465 e. The molecule has 0 aliphatic heterocycles. The monoisotopic (exact) mass is 596 g/mol. The van der Waals surface area contributed by atoms with E-state index in [0.29, 0.717) is 50.0 Å². The van der Waals surface area contributed by atoms with E-state index in [1.165, 1.54) is 18.4 Å². The summed E-state index contributed by atoms with van der Waals surface area (Å²) < 4.78 is 16.6. The number of thiophene rings is 1. The molecule has 0 radical (unpaired) electrons. The number of hydrogen-bond acceptors (Lipinski definition) is 8. The lowest BCUT2D eigenvalue weighted by atomic mass is 9.72. The van der Waals surface area contributed by atoms with Crippen LogP contribution in [0.15, 0.2) is 65.1 Å². The lowest BCUT2D eigenvalue weighted by molar-refractivity contribution is -0.119. The zero-order valence-corrected chi connectivity index (χ0v) is 25.3. The number of esters is 2. The van der Waals surface area contributed by atoms with Gasteiger partial charge in [0.05, 0.1) is 18.2 Å². The van der Waals surface area contributed by atoms with E-state index in [0.717, 1.165) is 35.1 Å². The van der Waals surface area contributed by atoms with Gasteiger partial charge >= 0.3 is 11.9 Å². The standard InChI is InChI=1S/C34H32N2O6S/c1-34(2,3)20-15-16-21-26(17-20)43-31(29(21)33(39)40-4)36-27(37)18-41-32(38)23-12-8-10-19-9-7-11-22(28(19)23)30-35-24-13-5-6-14-25(24)42-30/h5-14,20H,15-18H2,1-4H3,(H,36,37). The summed E-state index contributed by atoms with van der Waals surface area (Å²) in [7, 11) is 1.33. The third kappa shape index (κ3) is 5.52. The molecule has 2 aromatic heterocycles. The second kappa shape index (κ2) is 11.3. The molecule has 9 heteroatoms. The third-order valence-electron chi connectivity index (χ3n) is 8.12. The number of oxazole rings is 1. The lowest BCUT2D eigenvalue weighted by Gasteiger charge is -2.33. The van der Waals surface area contributed by atoms with E-state index in [2.05, 4.69) is 31.1 Å². The number of nitrogens with zero attached hydrogens (tertiary/aromatic N) is 1. The van der Waals surface area contributed by atoms with E-state index >= 15 is 0 Å². The quantitative estimate of drug-likeness (QED) is 0.203. The first-order valence-electron chi connectivity index (χ1n) is 14.2. The molecule has 43 heavy (non-hydrogen) atoms. The van der Waals surface area contributed by atoms with Crippen molar-refractivity contribution in [3.63, 3.8) is 0 Å². The number of amides is 1. The van der Waals surface area contributed by atoms with Gasteiger partial charge < -0.3 is 19.2 Å². The van der Waals surface area contributed by atoms with Gasteiger partial charge in [-0.2, -0.15) is 0 Å². The van der Waals surface area contributed by atoms with Crippen molar-refractivity contribution in [1.29, 1.82) is 0 Å². The van der Waals surface area contributed by atoms with E-state index in [1.54, 1.807) is 12.1 Å². The number of fused-ring (bicyclic) bond motifs is 3. The van der Waals surface area contributed by atoms with Crippen LogP contribution in [-0.4, -0.2) is 36.5 Å². The highest BCUT2D eigenvalue weighted by molar-refractivity contribution is 7.17. The van der Waals surface area contributed by atoms with Gasteiger partial charge in [-0.15, -0.1) is 11.3 Å². The molecule has 0 saturated carbocycles. The van der Waals surface area contributed by atoms with Crippen LogP contribution < -0.4 is 5.32 Å². The fourth-order valence-electron chi connectivity index (χ4n) is 5.78. The molecule has 220 valence electrons. The molecular formula is C34H32N2O6S. The van der Waals surface area contributed by atoms with Crippen LogP contribution in [0.2, 0.25) is 0 Å². The van der Waals surface area contributed by atoms with E-state index in [1.807, 2.05) is 48.5 Å². The number of carbonyl (C=O) groups excluding carboxylic acids is 3. The van der Waals surface area contributed by atoms with Gasteiger partial charge in [0.25, 0.3) is 5.91 Å². The Kier molecular flexibility index (Phi) is 7.52. The second-order valence-electron chi connectivity index (χ2n) is 11.8. The van der Waals surface area contributed by atoms with Crippen LogP contribution in [0.4, 0.5) is 5.00 Å². The maximum absolute atomic E-state index is 13.4. The molecule has 0 fully saturated rings. The Morgan fingerprint density at radius 3 is 2.53 bits per heavy atom. The van der Waals surface area contributed by atoms with Gasteiger partial charge in [-0.3, -0.25) is 4.79 Å². The van der Waals surface area contributed by atoms with Crippen molar-refractivity contribution in [2.45, 2.75) is 40.0 Å². The molecule has 5 aromatic rings. The molecule has 0 bridgehead atoms. The Bertz CT molecular complexity index is 1840. The number of anilines is 1. The van der Waals surface area contributed by atoms with Crippen LogP contribution >= 0.6 is 11.3 Å². The normalized spacial score (nSPS) is 14.8. The molecule has 6 rings (SSSR count). The van der Waals surface area contributed by atoms with Crippen LogP contribution in [0.1, 0.15) is 58.3 Å². The minimum atomic E-state index is -0.656. The molecule has 2 heterocycles. The summed E-state index contributed by atoms with van der Waals surface area (Å²) in [5.41, 5.74) is 3.75. The van der Waals surface area contributed by atoms with Gasteiger partial charge in [0, 0.05) is 15.8 Å². The summed E-state index contributed by atoms with van der Waals surface area (Å²) in [6, 6.07) is 18.4. The van der Waals surface area contributed by atoms with E-state index in [4.69, 9.17) is 13.9 Å². The number of hydrogen-bond donors (Lipinski definition) is 1. The van der Waals surface area contributed by atoms with Crippen molar-refractivity contribution in [3.05, 3.63) is 82.2 Å². The third-order valence-corrected chi connectivity index (χ3v) is 9.29. The van der Waals surface area contributed by atoms with Crippen molar-refractivity contribution < 1.29 is 28.3 Å². The van der Waals surface area contributed by atoms with Gasteiger partial charge in [-0.1, -0.05) is 57.2 Å². The summed E-state index contributed by atoms with van der Waals surface area (Å²) in [5.74, 6) is -0.828. The first-order valence-corrected chi connectivity index (χ1v) is 15.0. The topological polar surface area (TPSA) is 108 Å². The fourth-order valence-corrected chi connectivity index (χ4v) is 7.11. The average molecular weight is 597 g/mol. The lowest BCUT2D eigenvalue weighted by Crippen LogP contribution is -2.26. The SMILES string of the molecule is COC(=O)c1c(NC(=O)COC(=O)c2cccc3cccc(-c4nc5ccccc5o4)c23)sc2c1CCC(C(C)(C)C)C2. The van der Waals surface area contributed by atoms with Crippen molar-refractivity contribution in [2.75, 3.05) is 19.0 Å². The summed E-state index contributed by atoms with van der Waals surface area (Å²) in [4.78, 5) is 44.8. The van der Waals surface area contributed by atoms with Crippen LogP contribution in [0.3, 0.4) is 0 Å². The second-order valence-corrected chi connectivity index (χ2v) is 12.9. The predicted molar refractivity (Wildman–Crippen MR) is 166 cm³/mol. The highest BCUT2D eigenvalue weighted by atomic mass is 32.1. The van der Waals surface area contributed by atoms with Crippen LogP contribution in [0, 0.1) is 11.3 Å². The number of carbonyl (C=O) groups is 3. The van der Waals surface area contributed by atoms with E-state index < -0.39 is 24.5 Å². The Labute approximate surface area is 253 Å². The van der Waals surface area contributed by atoms with Crippen LogP contribution in [-0.2, 0) is 27.1 Å². The van der Waals surface area contributed by atoms with E-state index in [-0.39, 0.29) is 5.41 Å². The largest absolute Gasteiger partial charge is 0.465 e. The molecule has 0 saturated heterocycles. The van der Waals surface area contributed by atoms with Crippen LogP contribution in [0.25, 0.3) is 33.3 Å². The maximum Gasteiger partial charge on any atom is 0.341 e. The summed E-state index contributed by atoms with van der Waals surface area (Å²) >= 11 is 1.40.